The standard InChI is InChI=1S/C4H2F3NS/c5-4(6,7)3-1-2-9-8-3/h1-2H. The Bertz CT molecular complexity index is 178. The van der Waals surface area contributed by atoms with Gasteiger partial charge in [-0.3, -0.25) is 0 Å². The van der Waals surface area contributed by atoms with Gasteiger partial charge in [0.1, 0.15) is 0 Å². The molecular weight excluding hydrogens is 151 g/mol. The highest BCUT2D eigenvalue weighted by molar-refractivity contribution is 7.03. The molecule has 1 heterocycles. The molecule has 0 aliphatic carbocycles. The molecule has 0 aliphatic heterocycles. The van der Waals surface area contributed by atoms with E-state index in [1.807, 2.05) is 0 Å². The molecular formula is C4H2F3NS. The summed E-state index contributed by atoms with van der Waals surface area (Å²) < 4.78 is 37.8. The van der Waals surface area contributed by atoms with Crippen LogP contribution < -0.4 is 0 Å². The SMILES string of the molecule is FC(F)(F)c1ccsn1. The number of aromatic nitrogens is 1. The molecule has 0 amide bonds. The summed E-state index contributed by atoms with van der Waals surface area (Å²) in [6.07, 6.45) is -4.28. The first-order valence-electron chi connectivity index (χ1n) is 2.08. The van der Waals surface area contributed by atoms with Gasteiger partial charge in [-0.25, -0.2) is 0 Å². The highest BCUT2D eigenvalue weighted by Gasteiger charge is 2.32. The Hall–Kier alpha value is -0.580. The van der Waals surface area contributed by atoms with Crippen molar-refractivity contribution in [3.63, 3.8) is 0 Å². The van der Waals surface area contributed by atoms with Crippen LogP contribution in [0.5, 0.6) is 0 Å². The fraction of sp³-hybridized carbons (Fsp3) is 0.250. The lowest BCUT2D eigenvalue weighted by Gasteiger charge is -1.98. The Morgan fingerprint density at radius 2 is 2.11 bits per heavy atom. The Morgan fingerprint density at radius 3 is 2.33 bits per heavy atom. The van der Waals surface area contributed by atoms with E-state index < -0.39 is 11.9 Å². The zero-order valence-electron chi connectivity index (χ0n) is 4.14. The third kappa shape index (κ3) is 1.41. The van der Waals surface area contributed by atoms with Gasteiger partial charge in [-0.2, -0.15) is 17.5 Å². The van der Waals surface area contributed by atoms with Crippen LogP contribution in [-0.2, 0) is 6.18 Å². The lowest BCUT2D eigenvalue weighted by atomic mass is 10.4. The molecule has 0 radical (unpaired) electrons. The van der Waals surface area contributed by atoms with Gasteiger partial charge in [0.05, 0.1) is 0 Å². The van der Waals surface area contributed by atoms with Crippen LogP contribution in [0.3, 0.4) is 0 Å². The van der Waals surface area contributed by atoms with Crippen molar-refractivity contribution >= 4 is 11.5 Å². The first-order chi connectivity index (χ1) is 4.11. The Morgan fingerprint density at radius 1 is 1.44 bits per heavy atom. The van der Waals surface area contributed by atoms with Crippen molar-refractivity contribution in [1.82, 2.24) is 4.37 Å². The van der Waals surface area contributed by atoms with E-state index in [0.717, 1.165) is 17.6 Å². The molecule has 0 saturated carbocycles. The van der Waals surface area contributed by atoms with E-state index in [1.165, 1.54) is 5.38 Å². The summed E-state index contributed by atoms with van der Waals surface area (Å²) in [5.41, 5.74) is -0.813. The first kappa shape index (κ1) is 6.54. The zero-order valence-corrected chi connectivity index (χ0v) is 4.96. The van der Waals surface area contributed by atoms with Crippen LogP contribution in [0.25, 0.3) is 0 Å². The average Bonchev–Trinajstić information content (AvgIpc) is 2.08. The van der Waals surface area contributed by atoms with Crippen LogP contribution >= 0.6 is 11.5 Å². The Labute approximate surface area is 53.3 Å². The number of alkyl halides is 3. The van der Waals surface area contributed by atoms with Gasteiger partial charge < -0.3 is 0 Å². The second-order valence-corrected chi connectivity index (χ2v) is 2.05. The summed E-state index contributed by atoms with van der Waals surface area (Å²) in [7, 11) is 0. The molecule has 5 heteroatoms. The van der Waals surface area contributed by atoms with Crippen LogP contribution in [0.1, 0.15) is 5.69 Å². The number of halogens is 3. The van der Waals surface area contributed by atoms with E-state index in [-0.39, 0.29) is 0 Å². The Balaban J connectivity index is 2.90. The summed E-state index contributed by atoms with van der Waals surface area (Å²) >= 11 is 0.796. The van der Waals surface area contributed by atoms with Crippen LogP contribution in [-0.4, -0.2) is 4.37 Å². The van der Waals surface area contributed by atoms with Gasteiger partial charge in [-0.15, -0.1) is 0 Å². The Kier molecular flexibility index (Phi) is 1.44. The third-order valence-corrected chi connectivity index (χ3v) is 1.29. The van der Waals surface area contributed by atoms with E-state index in [0.29, 0.717) is 0 Å². The summed E-state index contributed by atoms with van der Waals surface area (Å²) in [4.78, 5) is 0. The highest BCUT2D eigenvalue weighted by Crippen LogP contribution is 2.27. The average molecular weight is 153 g/mol. The van der Waals surface area contributed by atoms with E-state index >= 15 is 0 Å². The molecule has 1 aromatic rings. The largest absolute Gasteiger partial charge is 0.434 e. The molecule has 1 rings (SSSR count). The molecule has 9 heavy (non-hydrogen) atoms. The maximum atomic E-state index is 11.6. The molecule has 0 fully saturated rings. The van der Waals surface area contributed by atoms with Gasteiger partial charge in [0.15, 0.2) is 5.69 Å². The van der Waals surface area contributed by atoms with Crippen molar-refractivity contribution in [2.75, 3.05) is 0 Å². The van der Waals surface area contributed by atoms with Crippen LogP contribution in [0.2, 0.25) is 0 Å². The fourth-order valence-electron chi connectivity index (χ4n) is 0.359. The molecule has 0 aliphatic rings. The van der Waals surface area contributed by atoms with E-state index in [2.05, 4.69) is 4.37 Å². The van der Waals surface area contributed by atoms with Crippen molar-refractivity contribution in [2.45, 2.75) is 6.18 Å². The minimum Gasteiger partial charge on any atom is -0.188 e. The number of hydrogen-bond acceptors (Lipinski definition) is 2. The highest BCUT2D eigenvalue weighted by atomic mass is 32.1. The second kappa shape index (κ2) is 1.98. The van der Waals surface area contributed by atoms with E-state index in [1.54, 1.807) is 0 Å². The molecule has 1 aromatic heterocycles. The molecule has 0 N–H and O–H groups in total. The summed E-state index contributed by atoms with van der Waals surface area (Å²) in [6, 6.07) is 0.949. The van der Waals surface area contributed by atoms with Crippen molar-refractivity contribution in [1.29, 1.82) is 0 Å². The molecule has 0 aromatic carbocycles. The third-order valence-electron chi connectivity index (χ3n) is 0.728. The minimum absolute atomic E-state index is 0.796. The molecule has 0 saturated heterocycles. The smallest absolute Gasteiger partial charge is 0.188 e. The molecule has 0 bridgehead atoms. The normalized spacial score (nSPS) is 11.9. The van der Waals surface area contributed by atoms with E-state index in [9.17, 15) is 13.2 Å². The van der Waals surface area contributed by atoms with Gasteiger partial charge in [0, 0.05) is 5.38 Å². The summed E-state index contributed by atoms with van der Waals surface area (Å²) in [5.74, 6) is 0. The zero-order chi connectivity index (χ0) is 6.91. The molecule has 0 atom stereocenters. The van der Waals surface area contributed by atoms with Gasteiger partial charge in [-0.1, -0.05) is 0 Å². The monoisotopic (exact) mass is 153 g/mol. The molecule has 1 nitrogen and oxygen atoms in total. The van der Waals surface area contributed by atoms with Gasteiger partial charge in [0.25, 0.3) is 0 Å². The predicted octanol–water partition coefficient (Wildman–Crippen LogP) is 2.16. The molecule has 0 spiro atoms. The topological polar surface area (TPSA) is 12.9 Å². The quantitative estimate of drug-likeness (QED) is 0.556. The van der Waals surface area contributed by atoms with Gasteiger partial charge in [0.2, 0.25) is 0 Å². The van der Waals surface area contributed by atoms with Gasteiger partial charge >= 0.3 is 6.18 Å². The molecule has 50 valence electrons. The fourth-order valence-corrected chi connectivity index (χ4v) is 0.887. The van der Waals surface area contributed by atoms with E-state index in [4.69, 9.17) is 0 Å². The van der Waals surface area contributed by atoms with Crippen molar-refractivity contribution in [3.8, 4) is 0 Å². The van der Waals surface area contributed by atoms with Crippen LogP contribution in [0.15, 0.2) is 11.4 Å². The summed E-state index contributed by atoms with van der Waals surface area (Å²) in [5, 5.41) is 1.29. The van der Waals surface area contributed by atoms with Gasteiger partial charge in [-0.05, 0) is 17.6 Å². The number of nitrogens with zero attached hydrogens (tertiary/aromatic N) is 1. The maximum absolute atomic E-state index is 11.6. The van der Waals surface area contributed by atoms with Crippen LogP contribution in [0.4, 0.5) is 13.2 Å². The van der Waals surface area contributed by atoms with Crippen molar-refractivity contribution in [3.05, 3.63) is 17.1 Å². The lowest BCUT2D eigenvalue weighted by Crippen LogP contribution is -2.03. The maximum Gasteiger partial charge on any atom is 0.434 e. The second-order valence-electron chi connectivity index (χ2n) is 1.38. The van der Waals surface area contributed by atoms with Crippen molar-refractivity contribution in [2.24, 2.45) is 0 Å². The number of hydrogen-bond donors (Lipinski definition) is 0. The minimum atomic E-state index is -4.28. The summed E-state index contributed by atoms with van der Waals surface area (Å²) in [6.45, 7) is 0. The lowest BCUT2D eigenvalue weighted by molar-refractivity contribution is -0.140. The molecule has 0 unspecified atom stereocenters. The van der Waals surface area contributed by atoms with Crippen molar-refractivity contribution < 1.29 is 13.2 Å². The first-order valence-corrected chi connectivity index (χ1v) is 2.92. The number of rotatable bonds is 0. The predicted molar refractivity (Wildman–Crippen MR) is 27.1 cm³/mol. The van der Waals surface area contributed by atoms with Crippen LogP contribution in [0, 0.1) is 0 Å².